The molecule has 1 aliphatic heterocycles. The number of rotatable bonds is 6. The zero-order valence-corrected chi connectivity index (χ0v) is 17.4. The monoisotopic (exact) mass is 392 g/mol. The molecular formula is C22H28N6O. The molecule has 0 bridgehead atoms. The molecule has 1 N–H and O–H groups in total. The Hall–Kier alpha value is -2.93. The molecule has 29 heavy (non-hydrogen) atoms. The highest BCUT2D eigenvalue weighted by atomic mass is 16.5. The molecule has 1 saturated heterocycles. The SMILES string of the molecule is CCC/C(=N\Nc1cc(N2CCOCC2)c2ncn(C)c2n1)c1cccc(C)c1. The summed E-state index contributed by atoms with van der Waals surface area (Å²) in [6, 6.07) is 10.5. The van der Waals surface area contributed by atoms with Gasteiger partial charge in [-0.1, -0.05) is 43.2 Å². The first-order valence-corrected chi connectivity index (χ1v) is 10.2. The Balaban J connectivity index is 1.69. The number of anilines is 2. The van der Waals surface area contributed by atoms with Gasteiger partial charge in [0.15, 0.2) is 11.5 Å². The van der Waals surface area contributed by atoms with Crippen LogP contribution in [-0.2, 0) is 11.8 Å². The molecule has 0 unspecified atom stereocenters. The predicted octanol–water partition coefficient (Wildman–Crippen LogP) is 3.73. The first kappa shape index (κ1) is 19.4. The Labute approximate surface area is 171 Å². The van der Waals surface area contributed by atoms with E-state index in [1.807, 2.05) is 24.0 Å². The van der Waals surface area contributed by atoms with Crippen LogP contribution in [0.2, 0.25) is 0 Å². The van der Waals surface area contributed by atoms with Crippen molar-refractivity contribution in [3.63, 3.8) is 0 Å². The van der Waals surface area contributed by atoms with E-state index in [1.165, 1.54) is 5.56 Å². The number of hydrogen-bond acceptors (Lipinski definition) is 6. The summed E-state index contributed by atoms with van der Waals surface area (Å²) >= 11 is 0. The first-order valence-electron chi connectivity index (χ1n) is 10.2. The molecular weight excluding hydrogens is 364 g/mol. The van der Waals surface area contributed by atoms with Crippen molar-refractivity contribution < 1.29 is 4.74 Å². The van der Waals surface area contributed by atoms with Gasteiger partial charge in [0, 0.05) is 26.2 Å². The van der Waals surface area contributed by atoms with Gasteiger partial charge >= 0.3 is 0 Å². The standard InChI is InChI=1S/C22H28N6O/c1-4-6-18(17-8-5-7-16(2)13-17)25-26-20-14-19(28-9-11-29-12-10-28)21-22(24-20)27(3)15-23-21/h5,7-8,13-15H,4,6,9-12H2,1-3H3,(H,24,26)/b25-18+. The number of imidazole rings is 1. The van der Waals surface area contributed by atoms with E-state index in [2.05, 4.69) is 53.4 Å². The molecule has 7 heteroatoms. The van der Waals surface area contributed by atoms with Crippen molar-refractivity contribution in [1.29, 1.82) is 0 Å². The average Bonchev–Trinajstić information content (AvgIpc) is 3.12. The maximum Gasteiger partial charge on any atom is 0.164 e. The average molecular weight is 393 g/mol. The second-order valence-electron chi connectivity index (χ2n) is 7.44. The highest BCUT2D eigenvalue weighted by Gasteiger charge is 2.18. The van der Waals surface area contributed by atoms with Crippen LogP contribution in [0.25, 0.3) is 11.2 Å². The molecule has 0 atom stereocenters. The summed E-state index contributed by atoms with van der Waals surface area (Å²) in [5.41, 5.74) is 9.46. The molecule has 3 aromatic rings. The van der Waals surface area contributed by atoms with Crippen LogP contribution in [0.3, 0.4) is 0 Å². The third-order valence-corrected chi connectivity index (χ3v) is 5.14. The van der Waals surface area contributed by atoms with E-state index in [9.17, 15) is 0 Å². The van der Waals surface area contributed by atoms with Crippen LogP contribution in [0.5, 0.6) is 0 Å². The zero-order valence-electron chi connectivity index (χ0n) is 17.4. The largest absolute Gasteiger partial charge is 0.378 e. The molecule has 1 fully saturated rings. The lowest BCUT2D eigenvalue weighted by Crippen LogP contribution is -2.36. The third kappa shape index (κ3) is 4.24. The zero-order chi connectivity index (χ0) is 20.2. The Morgan fingerprint density at radius 2 is 2.07 bits per heavy atom. The van der Waals surface area contributed by atoms with Gasteiger partial charge in [0.25, 0.3) is 0 Å². The van der Waals surface area contributed by atoms with Gasteiger partial charge < -0.3 is 14.2 Å². The van der Waals surface area contributed by atoms with Gasteiger partial charge in [-0.25, -0.2) is 9.97 Å². The molecule has 3 heterocycles. The van der Waals surface area contributed by atoms with Crippen molar-refractivity contribution in [2.75, 3.05) is 36.6 Å². The molecule has 0 radical (unpaired) electrons. The predicted molar refractivity (Wildman–Crippen MR) is 118 cm³/mol. The van der Waals surface area contributed by atoms with Crippen LogP contribution < -0.4 is 10.3 Å². The van der Waals surface area contributed by atoms with Crippen molar-refractivity contribution in [2.45, 2.75) is 26.7 Å². The molecule has 1 aliphatic rings. The van der Waals surface area contributed by atoms with Crippen LogP contribution in [0.4, 0.5) is 11.5 Å². The Morgan fingerprint density at radius 3 is 2.83 bits per heavy atom. The van der Waals surface area contributed by atoms with Gasteiger partial charge in [0.1, 0.15) is 5.52 Å². The van der Waals surface area contributed by atoms with E-state index in [-0.39, 0.29) is 0 Å². The van der Waals surface area contributed by atoms with Crippen molar-refractivity contribution in [3.05, 3.63) is 47.8 Å². The van der Waals surface area contributed by atoms with Gasteiger partial charge in [0.2, 0.25) is 0 Å². The van der Waals surface area contributed by atoms with Crippen LogP contribution >= 0.6 is 0 Å². The number of hydrazone groups is 1. The maximum atomic E-state index is 5.51. The third-order valence-electron chi connectivity index (χ3n) is 5.14. The van der Waals surface area contributed by atoms with Gasteiger partial charge in [-0.05, 0) is 18.9 Å². The number of fused-ring (bicyclic) bond motifs is 1. The fourth-order valence-electron chi connectivity index (χ4n) is 3.63. The summed E-state index contributed by atoms with van der Waals surface area (Å²) < 4.78 is 7.46. The lowest BCUT2D eigenvalue weighted by molar-refractivity contribution is 0.123. The number of aromatic nitrogens is 3. The summed E-state index contributed by atoms with van der Waals surface area (Å²) in [4.78, 5) is 11.6. The lowest BCUT2D eigenvalue weighted by atomic mass is 10.0. The second-order valence-corrected chi connectivity index (χ2v) is 7.44. The van der Waals surface area contributed by atoms with Crippen molar-refractivity contribution in [2.24, 2.45) is 12.1 Å². The van der Waals surface area contributed by atoms with Gasteiger partial charge in [-0.3, -0.25) is 5.43 Å². The molecule has 4 rings (SSSR count). The minimum absolute atomic E-state index is 0.726. The van der Waals surface area contributed by atoms with Crippen LogP contribution in [0.15, 0.2) is 41.8 Å². The summed E-state index contributed by atoms with van der Waals surface area (Å²) in [5, 5.41) is 4.73. The lowest BCUT2D eigenvalue weighted by Gasteiger charge is -2.29. The number of nitrogens with zero attached hydrogens (tertiary/aromatic N) is 5. The summed E-state index contributed by atoms with van der Waals surface area (Å²) in [7, 11) is 1.97. The highest BCUT2D eigenvalue weighted by molar-refractivity contribution is 6.01. The summed E-state index contributed by atoms with van der Waals surface area (Å²) in [6.07, 6.45) is 3.74. The fraction of sp³-hybridized carbons (Fsp3) is 0.409. The number of morpholine rings is 1. The topological polar surface area (TPSA) is 67.6 Å². The fourth-order valence-corrected chi connectivity index (χ4v) is 3.63. The van der Waals surface area contributed by atoms with Crippen LogP contribution in [0.1, 0.15) is 30.9 Å². The van der Waals surface area contributed by atoms with E-state index < -0.39 is 0 Å². The molecule has 0 amide bonds. The molecule has 0 aliphatic carbocycles. The van der Waals surface area contributed by atoms with Crippen molar-refractivity contribution >= 4 is 28.4 Å². The maximum absolute atomic E-state index is 5.51. The van der Waals surface area contributed by atoms with Crippen LogP contribution in [-0.4, -0.2) is 46.6 Å². The minimum atomic E-state index is 0.726. The molecule has 7 nitrogen and oxygen atoms in total. The van der Waals surface area contributed by atoms with Gasteiger partial charge in [0.05, 0.1) is 30.9 Å². The number of aryl methyl sites for hydroxylation is 2. The van der Waals surface area contributed by atoms with Gasteiger partial charge in [-0.15, -0.1) is 0 Å². The second kappa shape index (κ2) is 8.61. The van der Waals surface area contributed by atoms with Crippen molar-refractivity contribution in [3.8, 4) is 0 Å². The molecule has 0 spiro atoms. The normalized spacial score (nSPS) is 15.1. The number of hydrogen-bond donors (Lipinski definition) is 1. The number of benzene rings is 1. The summed E-state index contributed by atoms with van der Waals surface area (Å²) in [5.74, 6) is 0.726. The number of pyridine rings is 1. The highest BCUT2D eigenvalue weighted by Crippen LogP contribution is 2.28. The van der Waals surface area contributed by atoms with E-state index in [0.29, 0.717) is 0 Å². The Bertz CT molecular complexity index is 1020. The Kier molecular flexibility index (Phi) is 5.76. The quantitative estimate of drug-likeness (QED) is 0.511. The molecule has 0 saturated carbocycles. The van der Waals surface area contributed by atoms with E-state index in [0.717, 1.165) is 73.1 Å². The molecule has 1 aromatic carbocycles. The smallest absolute Gasteiger partial charge is 0.164 e. The summed E-state index contributed by atoms with van der Waals surface area (Å²) in [6.45, 7) is 7.43. The van der Waals surface area contributed by atoms with E-state index in [4.69, 9.17) is 14.8 Å². The van der Waals surface area contributed by atoms with Crippen LogP contribution in [0, 0.1) is 6.92 Å². The minimum Gasteiger partial charge on any atom is -0.378 e. The molecule has 152 valence electrons. The first-order chi connectivity index (χ1) is 14.2. The van der Waals surface area contributed by atoms with E-state index >= 15 is 0 Å². The number of ether oxygens (including phenoxy) is 1. The Morgan fingerprint density at radius 1 is 1.24 bits per heavy atom. The molecule has 2 aromatic heterocycles. The van der Waals surface area contributed by atoms with E-state index in [1.54, 1.807) is 0 Å². The van der Waals surface area contributed by atoms with Crippen molar-refractivity contribution in [1.82, 2.24) is 14.5 Å². The van der Waals surface area contributed by atoms with Gasteiger partial charge in [-0.2, -0.15) is 5.10 Å². The number of nitrogens with one attached hydrogen (secondary N) is 1.